The van der Waals surface area contributed by atoms with Crippen molar-refractivity contribution < 1.29 is 18.9 Å². The maximum absolute atomic E-state index is 5.93. The molecular formula is C16H23NO4. The molecule has 5 heteroatoms. The molecule has 0 amide bonds. The molecule has 0 spiro atoms. The van der Waals surface area contributed by atoms with Gasteiger partial charge in [-0.25, -0.2) is 0 Å². The Labute approximate surface area is 125 Å². The zero-order valence-corrected chi connectivity index (χ0v) is 12.5. The van der Waals surface area contributed by atoms with Crippen LogP contribution in [0.1, 0.15) is 18.1 Å². The van der Waals surface area contributed by atoms with Crippen LogP contribution in [-0.4, -0.2) is 46.6 Å². The van der Waals surface area contributed by atoms with E-state index in [1.165, 1.54) is 5.56 Å². The Balaban J connectivity index is 1.64. The number of hydrogen-bond acceptors (Lipinski definition) is 5. The molecule has 0 aliphatic carbocycles. The van der Waals surface area contributed by atoms with Gasteiger partial charge in [0, 0.05) is 32.7 Å². The van der Waals surface area contributed by atoms with Gasteiger partial charge in [-0.3, -0.25) is 0 Å². The first-order chi connectivity index (χ1) is 10.4. The van der Waals surface area contributed by atoms with Crippen LogP contribution in [0.3, 0.4) is 0 Å². The zero-order chi connectivity index (χ0) is 14.5. The van der Waals surface area contributed by atoms with E-state index in [1.54, 1.807) is 7.11 Å². The van der Waals surface area contributed by atoms with Gasteiger partial charge >= 0.3 is 0 Å². The predicted octanol–water partition coefficient (Wildman–Crippen LogP) is 1.77. The molecule has 2 aliphatic heterocycles. The van der Waals surface area contributed by atoms with Crippen molar-refractivity contribution in [3.05, 3.63) is 23.8 Å². The lowest BCUT2D eigenvalue weighted by Gasteiger charge is -2.23. The second-order valence-electron chi connectivity index (χ2n) is 5.44. The summed E-state index contributed by atoms with van der Waals surface area (Å²) in [7, 11) is 1.72. The van der Waals surface area contributed by atoms with E-state index in [0.29, 0.717) is 19.1 Å². The Hall–Kier alpha value is -1.30. The lowest BCUT2D eigenvalue weighted by molar-refractivity contribution is 0.0890. The van der Waals surface area contributed by atoms with Crippen molar-refractivity contribution >= 4 is 0 Å². The molecule has 21 heavy (non-hydrogen) atoms. The molecule has 3 rings (SSSR count). The highest BCUT2D eigenvalue weighted by molar-refractivity contribution is 5.44. The molecular weight excluding hydrogens is 270 g/mol. The summed E-state index contributed by atoms with van der Waals surface area (Å²) in [4.78, 5) is 0. The molecule has 1 aromatic rings. The summed E-state index contributed by atoms with van der Waals surface area (Å²) in [5.41, 5.74) is 1.18. The third-order valence-corrected chi connectivity index (χ3v) is 4.00. The molecule has 5 nitrogen and oxygen atoms in total. The van der Waals surface area contributed by atoms with Gasteiger partial charge in [0.2, 0.25) is 0 Å². The van der Waals surface area contributed by atoms with Crippen molar-refractivity contribution in [2.24, 2.45) is 5.92 Å². The lowest BCUT2D eigenvalue weighted by Crippen LogP contribution is -2.27. The van der Waals surface area contributed by atoms with Crippen LogP contribution in [-0.2, 0) is 9.47 Å². The van der Waals surface area contributed by atoms with Gasteiger partial charge in [-0.1, -0.05) is 6.07 Å². The topological polar surface area (TPSA) is 49.0 Å². The number of benzene rings is 1. The van der Waals surface area contributed by atoms with Gasteiger partial charge in [0.15, 0.2) is 11.5 Å². The lowest BCUT2D eigenvalue weighted by atomic mass is 9.95. The van der Waals surface area contributed by atoms with E-state index >= 15 is 0 Å². The Morgan fingerprint density at radius 1 is 1.19 bits per heavy atom. The van der Waals surface area contributed by atoms with Crippen LogP contribution in [0, 0.1) is 5.92 Å². The molecule has 1 aromatic carbocycles. The highest BCUT2D eigenvalue weighted by atomic mass is 16.6. The van der Waals surface area contributed by atoms with E-state index in [9.17, 15) is 0 Å². The SMILES string of the molecule is COCCNCC1CCOC1c1ccc2c(c1)OCCO2. The maximum atomic E-state index is 5.93. The Morgan fingerprint density at radius 2 is 2.05 bits per heavy atom. The van der Waals surface area contributed by atoms with Crippen molar-refractivity contribution in [1.29, 1.82) is 0 Å². The van der Waals surface area contributed by atoms with E-state index in [0.717, 1.165) is 44.2 Å². The van der Waals surface area contributed by atoms with Gasteiger partial charge in [-0.15, -0.1) is 0 Å². The molecule has 2 unspecified atom stereocenters. The minimum Gasteiger partial charge on any atom is -0.486 e. The summed E-state index contributed by atoms with van der Waals surface area (Å²) in [5, 5.41) is 3.43. The summed E-state index contributed by atoms with van der Waals surface area (Å²) < 4.78 is 22.2. The summed E-state index contributed by atoms with van der Waals surface area (Å²) in [5.74, 6) is 2.16. The fraction of sp³-hybridized carbons (Fsp3) is 0.625. The summed E-state index contributed by atoms with van der Waals surface area (Å²) in [6, 6.07) is 6.14. The van der Waals surface area contributed by atoms with E-state index in [4.69, 9.17) is 18.9 Å². The first-order valence-corrected chi connectivity index (χ1v) is 7.59. The number of nitrogens with one attached hydrogen (secondary N) is 1. The molecule has 2 atom stereocenters. The van der Waals surface area contributed by atoms with Crippen molar-refractivity contribution in [3.8, 4) is 11.5 Å². The van der Waals surface area contributed by atoms with Crippen LogP contribution in [0.15, 0.2) is 18.2 Å². The van der Waals surface area contributed by atoms with E-state index in [2.05, 4.69) is 17.4 Å². The first kappa shape index (κ1) is 14.6. The van der Waals surface area contributed by atoms with Crippen LogP contribution >= 0.6 is 0 Å². The average molecular weight is 293 g/mol. The Morgan fingerprint density at radius 3 is 2.90 bits per heavy atom. The highest BCUT2D eigenvalue weighted by Crippen LogP contribution is 2.39. The number of hydrogen-bond donors (Lipinski definition) is 1. The number of rotatable bonds is 6. The van der Waals surface area contributed by atoms with Crippen molar-refractivity contribution in [3.63, 3.8) is 0 Å². The second-order valence-corrected chi connectivity index (χ2v) is 5.44. The Bertz CT molecular complexity index is 466. The number of fused-ring (bicyclic) bond motifs is 1. The number of methoxy groups -OCH3 is 1. The van der Waals surface area contributed by atoms with E-state index in [-0.39, 0.29) is 6.10 Å². The van der Waals surface area contributed by atoms with Crippen molar-refractivity contribution in [2.75, 3.05) is 46.6 Å². The second kappa shape index (κ2) is 7.11. The first-order valence-electron chi connectivity index (χ1n) is 7.59. The third kappa shape index (κ3) is 3.48. The van der Waals surface area contributed by atoms with Crippen molar-refractivity contribution in [2.45, 2.75) is 12.5 Å². The summed E-state index contributed by atoms with van der Waals surface area (Å²) in [6.45, 7) is 4.61. The fourth-order valence-electron chi connectivity index (χ4n) is 2.91. The molecule has 2 aliphatic rings. The summed E-state index contributed by atoms with van der Waals surface area (Å²) in [6.07, 6.45) is 1.22. The van der Waals surface area contributed by atoms with Crippen molar-refractivity contribution in [1.82, 2.24) is 5.32 Å². The van der Waals surface area contributed by atoms with Gasteiger partial charge in [-0.2, -0.15) is 0 Å². The van der Waals surface area contributed by atoms with Crippen LogP contribution in [0.4, 0.5) is 0 Å². The van der Waals surface area contributed by atoms with Gasteiger partial charge in [0.25, 0.3) is 0 Å². The quantitative estimate of drug-likeness (QED) is 0.810. The zero-order valence-electron chi connectivity index (χ0n) is 12.5. The van der Waals surface area contributed by atoms with Crippen LogP contribution < -0.4 is 14.8 Å². The smallest absolute Gasteiger partial charge is 0.161 e. The van der Waals surface area contributed by atoms with Gasteiger partial charge in [0.05, 0.1) is 12.7 Å². The maximum Gasteiger partial charge on any atom is 0.161 e. The standard InChI is InChI=1S/C16H23NO4/c1-18-7-5-17-11-13-4-6-21-16(13)12-2-3-14-15(10-12)20-9-8-19-14/h2-3,10,13,16-17H,4-9,11H2,1H3. The molecule has 0 aromatic heterocycles. The van der Waals surface area contributed by atoms with Crippen LogP contribution in [0.5, 0.6) is 11.5 Å². The molecule has 1 fully saturated rings. The summed E-state index contributed by atoms with van der Waals surface area (Å²) >= 11 is 0. The molecule has 1 saturated heterocycles. The largest absolute Gasteiger partial charge is 0.486 e. The van der Waals surface area contributed by atoms with Gasteiger partial charge < -0.3 is 24.3 Å². The third-order valence-electron chi connectivity index (χ3n) is 4.00. The minimum atomic E-state index is 0.135. The average Bonchev–Trinajstić information content (AvgIpc) is 2.99. The minimum absolute atomic E-state index is 0.135. The molecule has 1 N–H and O–H groups in total. The predicted molar refractivity (Wildman–Crippen MR) is 79.0 cm³/mol. The molecule has 0 bridgehead atoms. The fourth-order valence-corrected chi connectivity index (χ4v) is 2.91. The molecule has 2 heterocycles. The number of ether oxygens (including phenoxy) is 4. The van der Waals surface area contributed by atoms with Crippen LogP contribution in [0.2, 0.25) is 0 Å². The molecule has 0 saturated carbocycles. The van der Waals surface area contributed by atoms with E-state index < -0.39 is 0 Å². The molecule has 0 radical (unpaired) electrons. The Kier molecular flexibility index (Phi) is 4.95. The van der Waals surface area contributed by atoms with Gasteiger partial charge in [0.1, 0.15) is 13.2 Å². The molecule has 116 valence electrons. The highest BCUT2D eigenvalue weighted by Gasteiger charge is 2.30. The normalized spacial score (nSPS) is 24.2. The monoisotopic (exact) mass is 293 g/mol. The van der Waals surface area contributed by atoms with E-state index in [1.807, 2.05) is 6.07 Å². The van der Waals surface area contributed by atoms with Crippen LogP contribution in [0.25, 0.3) is 0 Å². The van der Waals surface area contributed by atoms with Gasteiger partial charge in [-0.05, 0) is 24.1 Å².